The van der Waals surface area contributed by atoms with E-state index in [9.17, 15) is 29.4 Å². The Morgan fingerprint density at radius 2 is 0.606 bits per heavy atom. The summed E-state index contributed by atoms with van der Waals surface area (Å²) in [5, 5.41) is 0.0459. The van der Waals surface area contributed by atoms with E-state index in [1.807, 2.05) is 55.4 Å². The maximum Gasteiger partial charge on any atom is 2.00 e. The molecule has 0 radical (unpaired) electrons. The first-order valence-corrected chi connectivity index (χ1v) is 18.2. The van der Waals surface area contributed by atoms with Crippen molar-refractivity contribution in [3.63, 3.8) is 0 Å². The van der Waals surface area contributed by atoms with Gasteiger partial charge < -0.3 is 42.8 Å². The van der Waals surface area contributed by atoms with Gasteiger partial charge in [-0.05, 0) is 46.7 Å². The third-order valence-electron chi connectivity index (χ3n) is 4.95. The van der Waals surface area contributed by atoms with Gasteiger partial charge in [0, 0.05) is 0 Å². The molecule has 0 spiro atoms. The predicted molar refractivity (Wildman–Crippen MR) is 126 cm³/mol. The van der Waals surface area contributed by atoms with Crippen molar-refractivity contribution in [3.05, 3.63) is 0 Å². The summed E-state index contributed by atoms with van der Waals surface area (Å²) in [6.07, 6.45) is 7.04. The van der Waals surface area contributed by atoms with Crippen molar-refractivity contribution >= 4 is 33.6 Å². The topological polar surface area (TPSA) is 138 Å². The molecular weight excluding hydrogens is 658 g/mol. The Kier molecular flexibility index (Phi) is 33.8. The molecule has 0 saturated carbocycles. The van der Waals surface area contributed by atoms with Gasteiger partial charge in [0.1, 0.15) is 0 Å². The molecule has 4 atom stereocenters. The van der Waals surface area contributed by atoms with Crippen molar-refractivity contribution in [2.45, 2.75) is 128 Å². The van der Waals surface area contributed by atoms with Crippen LogP contribution in [0, 0.1) is 0 Å². The van der Waals surface area contributed by atoms with Crippen LogP contribution in [0.2, 0.25) is 0 Å². The van der Waals surface area contributed by atoms with Gasteiger partial charge in [0.15, 0.2) is 0 Å². The van der Waals surface area contributed by atoms with Gasteiger partial charge in [0.2, 0.25) is 0 Å². The largest absolute Gasteiger partial charge is 2.00 e. The van der Waals surface area contributed by atoms with Crippen LogP contribution in [0.3, 0.4) is 0 Å². The Morgan fingerprint density at radius 3 is 0.697 bits per heavy atom. The predicted octanol–water partition coefficient (Wildman–Crippen LogP) is 1.47. The molecule has 0 aromatic heterocycles. The van der Waals surface area contributed by atoms with Crippen molar-refractivity contribution in [2.24, 2.45) is 0 Å². The van der Waals surface area contributed by atoms with Crippen LogP contribution in [0.1, 0.15) is 107 Å². The summed E-state index contributed by atoms with van der Waals surface area (Å²) in [6, 6.07) is 0. The summed E-state index contributed by atoms with van der Waals surface area (Å²) in [6.45, 7) is 6.79. The first-order valence-electron chi connectivity index (χ1n) is 11.2. The summed E-state index contributed by atoms with van der Waals surface area (Å²) in [5.41, 5.74) is 0. The van der Waals surface area contributed by atoms with E-state index in [4.69, 9.17) is 0 Å². The summed E-state index contributed by atoms with van der Waals surface area (Å²) >= 11 is 0. The minimum absolute atomic E-state index is 0. The Balaban J connectivity index is -0.000000145. The molecular formula is C20H44O6P2S2Zn3. The van der Waals surface area contributed by atoms with E-state index in [0.29, 0.717) is 0 Å². The molecule has 188 valence electrons. The fraction of sp³-hybridized carbons (Fsp3) is 1.00. The molecule has 0 aromatic rings. The van der Waals surface area contributed by atoms with Gasteiger partial charge in [-0.25, -0.2) is 20.1 Å². The molecule has 0 amide bonds. The zero-order chi connectivity index (χ0) is 24.1. The van der Waals surface area contributed by atoms with Crippen LogP contribution < -0.4 is 29.4 Å². The molecule has 0 N–H and O–H groups in total. The first-order chi connectivity index (χ1) is 13.7. The Bertz CT molecular complexity index is 494. The molecule has 0 aliphatic carbocycles. The fourth-order valence-electron chi connectivity index (χ4n) is 3.78. The zero-order valence-electron chi connectivity index (χ0n) is 22.2. The molecule has 13 heteroatoms. The molecule has 0 aromatic carbocycles. The van der Waals surface area contributed by atoms with Crippen LogP contribution in [-0.2, 0) is 78.6 Å². The standard InChI is InChI=1S/2C10H22O3PS.3Zn/c2*1-5-7-9(3)15(14(11,12)13)10(4)8-6-2;;;/h2*9-10H,5-8H2,1-4H3;;;/q2*-3;3*+2. The SMILES string of the molecule is CCCC(C)S(C(C)CCC)=P([O-])([O-])[O-].CCCC(C)S(C(C)CCC)=P([O-])([O-])[O-].[Zn+2].[Zn+2].[Zn+2]. The van der Waals surface area contributed by atoms with Gasteiger partial charge in [-0.3, -0.25) is 0 Å². The smallest absolute Gasteiger partial charge is 0.848 e. The maximum atomic E-state index is 11.2. The second kappa shape index (κ2) is 24.2. The average Bonchev–Trinajstić information content (AvgIpc) is 2.53. The van der Waals surface area contributed by atoms with Crippen molar-refractivity contribution in [2.75, 3.05) is 0 Å². The molecule has 0 rings (SSSR count). The van der Waals surface area contributed by atoms with Crippen LogP contribution in [0.5, 0.6) is 0 Å². The van der Waals surface area contributed by atoms with Gasteiger partial charge in [0.05, 0.1) is 0 Å². The van der Waals surface area contributed by atoms with Crippen LogP contribution >= 0.6 is 13.4 Å². The van der Waals surface area contributed by atoms with Gasteiger partial charge in [-0.1, -0.05) is 81.1 Å². The third kappa shape index (κ3) is 20.8. The maximum absolute atomic E-state index is 11.2. The minimum atomic E-state index is -4.42. The zero-order valence-corrected chi connectivity index (χ0v) is 34.6. The second-order valence-electron chi connectivity index (χ2n) is 7.99. The molecule has 0 aliphatic rings. The second-order valence-corrected chi connectivity index (χ2v) is 19.6. The van der Waals surface area contributed by atoms with Crippen LogP contribution in [0.4, 0.5) is 0 Å². The molecule has 0 aliphatic heterocycles. The molecule has 6 nitrogen and oxygen atoms in total. The van der Waals surface area contributed by atoms with Crippen LogP contribution in [0.15, 0.2) is 0 Å². The fourth-order valence-corrected chi connectivity index (χ4v) is 15.6. The van der Waals surface area contributed by atoms with Gasteiger partial charge in [-0.15, -0.1) is 0 Å². The summed E-state index contributed by atoms with van der Waals surface area (Å²) < 4.78 is 0. The molecule has 0 bridgehead atoms. The van der Waals surface area contributed by atoms with Crippen molar-refractivity contribution in [3.8, 4) is 0 Å². The molecule has 0 fully saturated rings. The molecule has 0 heterocycles. The van der Waals surface area contributed by atoms with E-state index in [1.165, 1.54) is 0 Å². The van der Waals surface area contributed by atoms with E-state index >= 15 is 0 Å². The normalized spacial score (nSPS) is 16.9. The molecule has 33 heavy (non-hydrogen) atoms. The quantitative estimate of drug-likeness (QED) is 0.223. The van der Waals surface area contributed by atoms with E-state index in [-0.39, 0.29) is 79.4 Å². The Labute approximate surface area is 247 Å². The Hall–Kier alpha value is 3.19. The van der Waals surface area contributed by atoms with Gasteiger partial charge >= 0.3 is 58.4 Å². The van der Waals surface area contributed by atoms with Crippen LogP contribution in [0.25, 0.3) is 0 Å². The van der Waals surface area contributed by atoms with Crippen LogP contribution in [-0.4, -0.2) is 21.0 Å². The van der Waals surface area contributed by atoms with Crippen molar-refractivity contribution in [1.82, 2.24) is 0 Å². The van der Waals surface area contributed by atoms with Gasteiger partial charge in [-0.2, -0.15) is 0 Å². The van der Waals surface area contributed by atoms with Crippen molar-refractivity contribution in [1.29, 1.82) is 0 Å². The molecule has 0 saturated heterocycles. The number of rotatable bonds is 12. The van der Waals surface area contributed by atoms with E-state index in [1.54, 1.807) is 0 Å². The summed E-state index contributed by atoms with van der Waals surface area (Å²) in [5.74, 6) is 0. The van der Waals surface area contributed by atoms with Gasteiger partial charge in [0.25, 0.3) is 0 Å². The first kappa shape index (κ1) is 46.1. The van der Waals surface area contributed by atoms with Crippen molar-refractivity contribution < 1.29 is 87.8 Å². The van der Waals surface area contributed by atoms with E-state index < -0.39 is 33.6 Å². The number of hydrogen-bond acceptors (Lipinski definition) is 6. The average molecular weight is 703 g/mol. The summed E-state index contributed by atoms with van der Waals surface area (Å²) in [7, 11) is -1.97. The monoisotopic (exact) mass is 698 g/mol. The van der Waals surface area contributed by atoms with E-state index in [0.717, 1.165) is 51.4 Å². The Morgan fingerprint density at radius 1 is 0.455 bits per heavy atom. The minimum Gasteiger partial charge on any atom is -0.848 e. The molecule has 4 unspecified atom stereocenters. The number of hydrogen-bond donors (Lipinski definition) is 0. The van der Waals surface area contributed by atoms with E-state index in [2.05, 4.69) is 0 Å². The summed E-state index contributed by atoms with van der Waals surface area (Å²) in [4.78, 5) is 67.5. The third-order valence-corrected chi connectivity index (χ3v) is 17.6.